The van der Waals surface area contributed by atoms with E-state index in [0.29, 0.717) is 11.1 Å². The SMILES string of the molecule is CC(Sc1nnc(-c2cccs2)o1)C(=O)Nc1ccccc1-c1ccccc1. The lowest BCUT2D eigenvalue weighted by molar-refractivity contribution is -0.115. The molecule has 1 atom stereocenters. The summed E-state index contributed by atoms with van der Waals surface area (Å²) in [6, 6.07) is 21.6. The highest BCUT2D eigenvalue weighted by Crippen LogP contribution is 2.31. The van der Waals surface area contributed by atoms with Crippen molar-refractivity contribution in [1.29, 1.82) is 0 Å². The summed E-state index contributed by atoms with van der Waals surface area (Å²) in [5.74, 6) is 0.351. The number of hydrogen-bond acceptors (Lipinski definition) is 6. The highest BCUT2D eigenvalue weighted by molar-refractivity contribution is 8.00. The summed E-state index contributed by atoms with van der Waals surface area (Å²) in [5, 5.41) is 13.0. The van der Waals surface area contributed by atoms with Crippen molar-refractivity contribution in [3.63, 3.8) is 0 Å². The fourth-order valence-electron chi connectivity index (χ4n) is 2.66. The fourth-order valence-corrected chi connectivity index (χ4v) is 3.99. The third-order valence-electron chi connectivity index (χ3n) is 4.05. The molecule has 0 aliphatic heterocycles. The first-order valence-corrected chi connectivity index (χ1v) is 10.5. The van der Waals surface area contributed by atoms with Crippen molar-refractivity contribution in [3.05, 3.63) is 72.1 Å². The molecule has 4 rings (SSSR count). The van der Waals surface area contributed by atoms with Gasteiger partial charge in [-0.1, -0.05) is 66.4 Å². The predicted octanol–water partition coefficient (Wildman–Crippen LogP) is 5.58. The van der Waals surface area contributed by atoms with E-state index in [1.165, 1.54) is 23.1 Å². The average molecular weight is 408 g/mol. The molecule has 0 aliphatic carbocycles. The van der Waals surface area contributed by atoms with Crippen molar-refractivity contribution in [2.75, 3.05) is 5.32 Å². The van der Waals surface area contributed by atoms with Crippen LogP contribution in [0.3, 0.4) is 0 Å². The lowest BCUT2D eigenvalue weighted by Gasteiger charge is -2.13. The number of para-hydroxylation sites is 1. The summed E-state index contributed by atoms with van der Waals surface area (Å²) < 4.78 is 5.66. The molecule has 0 fully saturated rings. The Balaban J connectivity index is 1.46. The molecule has 7 heteroatoms. The zero-order valence-corrected chi connectivity index (χ0v) is 16.7. The van der Waals surface area contributed by atoms with Crippen LogP contribution in [0.1, 0.15) is 6.92 Å². The summed E-state index contributed by atoms with van der Waals surface area (Å²) in [6.07, 6.45) is 0. The maximum atomic E-state index is 12.7. The first kappa shape index (κ1) is 18.5. The molecule has 0 bridgehead atoms. The molecule has 2 aromatic carbocycles. The number of nitrogens with zero attached hydrogens (tertiary/aromatic N) is 2. The van der Waals surface area contributed by atoms with E-state index in [0.717, 1.165) is 21.7 Å². The molecule has 2 aromatic heterocycles. The molecular formula is C21H17N3O2S2. The second-order valence-electron chi connectivity index (χ2n) is 6.01. The minimum absolute atomic E-state index is 0.121. The molecule has 4 aromatic rings. The number of amides is 1. The van der Waals surface area contributed by atoms with E-state index >= 15 is 0 Å². The van der Waals surface area contributed by atoms with Crippen LogP contribution in [0.5, 0.6) is 0 Å². The third-order valence-corrected chi connectivity index (χ3v) is 5.85. The van der Waals surface area contributed by atoms with Gasteiger partial charge in [-0.15, -0.1) is 21.5 Å². The van der Waals surface area contributed by atoms with Crippen LogP contribution in [-0.2, 0) is 4.79 Å². The quantitative estimate of drug-likeness (QED) is 0.422. The normalized spacial score (nSPS) is 11.9. The van der Waals surface area contributed by atoms with Gasteiger partial charge < -0.3 is 9.73 Å². The van der Waals surface area contributed by atoms with Crippen LogP contribution in [0.4, 0.5) is 5.69 Å². The van der Waals surface area contributed by atoms with Gasteiger partial charge in [-0.3, -0.25) is 4.79 Å². The van der Waals surface area contributed by atoms with E-state index in [1.807, 2.05) is 79.0 Å². The van der Waals surface area contributed by atoms with Crippen LogP contribution in [0.2, 0.25) is 0 Å². The van der Waals surface area contributed by atoms with Crippen molar-refractivity contribution >= 4 is 34.7 Å². The molecule has 5 nitrogen and oxygen atoms in total. The van der Waals surface area contributed by atoms with Crippen LogP contribution < -0.4 is 5.32 Å². The Morgan fingerprint density at radius 2 is 1.82 bits per heavy atom. The second kappa shape index (κ2) is 8.41. The fraction of sp³-hybridized carbons (Fsp3) is 0.0952. The summed E-state index contributed by atoms with van der Waals surface area (Å²) in [5.41, 5.74) is 2.80. The van der Waals surface area contributed by atoms with Crippen LogP contribution in [0.25, 0.3) is 21.9 Å². The monoisotopic (exact) mass is 407 g/mol. The largest absolute Gasteiger partial charge is 0.410 e. The maximum absolute atomic E-state index is 12.7. The zero-order valence-electron chi connectivity index (χ0n) is 15.0. The number of anilines is 1. The van der Waals surface area contributed by atoms with Gasteiger partial charge in [-0.2, -0.15) is 0 Å². The van der Waals surface area contributed by atoms with Gasteiger partial charge in [-0.05, 0) is 30.0 Å². The van der Waals surface area contributed by atoms with E-state index in [2.05, 4.69) is 15.5 Å². The second-order valence-corrected chi connectivity index (χ2v) is 8.25. The number of benzene rings is 2. The molecular weight excluding hydrogens is 390 g/mol. The Morgan fingerprint density at radius 1 is 1.04 bits per heavy atom. The molecule has 2 heterocycles. The molecule has 1 amide bonds. The van der Waals surface area contributed by atoms with Crippen molar-refractivity contribution in [1.82, 2.24) is 10.2 Å². The number of rotatable bonds is 6. The molecule has 0 spiro atoms. The molecule has 28 heavy (non-hydrogen) atoms. The number of hydrogen-bond donors (Lipinski definition) is 1. The van der Waals surface area contributed by atoms with Gasteiger partial charge in [0.05, 0.1) is 10.1 Å². The van der Waals surface area contributed by atoms with Crippen LogP contribution in [0.15, 0.2) is 81.8 Å². The van der Waals surface area contributed by atoms with Crippen LogP contribution >= 0.6 is 23.1 Å². The maximum Gasteiger partial charge on any atom is 0.277 e. The van der Waals surface area contributed by atoms with Crippen molar-refractivity contribution in [2.45, 2.75) is 17.4 Å². The van der Waals surface area contributed by atoms with E-state index in [-0.39, 0.29) is 11.2 Å². The Bertz CT molecular complexity index is 1060. The predicted molar refractivity (Wildman–Crippen MR) is 113 cm³/mol. The van der Waals surface area contributed by atoms with E-state index < -0.39 is 0 Å². The summed E-state index contributed by atoms with van der Waals surface area (Å²) in [7, 11) is 0. The number of carbonyl (C=O) groups is 1. The van der Waals surface area contributed by atoms with Gasteiger partial charge >= 0.3 is 0 Å². The topological polar surface area (TPSA) is 68.0 Å². The van der Waals surface area contributed by atoms with E-state index in [4.69, 9.17) is 4.42 Å². The Morgan fingerprint density at radius 3 is 2.61 bits per heavy atom. The lowest BCUT2D eigenvalue weighted by atomic mass is 10.0. The van der Waals surface area contributed by atoms with Crippen molar-refractivity contribution in [3.8, 4) is 21.9 Å². The van der Waals surface area contributed by atoms with Crippen molar-refractivity contribution in [2.24, 2.45) is 0 Å². The molecule has 140 valence electrons. The summed E-state index contributed by atoms with van der Waals surface area (Å²) in [4.78, 5) is 13.6. The third kappa shape index (κ3) is 4.16. The van der Waals surface area contributed by atoms with Gasteiger partial charge in [0, 0.05) is 11.3 Å². The molecule has 1 unspecified atom stereocenters. The van der Waals surface area contributed by atoms with Crippen LogP contribution in [-0.4, -0.2) is 21.4 Å². The minimum Gasteiger partial charge on any atom is -0.410 e. The molecule has 1 N–H and O–H groups in total. The molecule has 0 aliphatic rings. The zero-order chi connectivity index (χ0) is 19.3. The minimum atomic E-state index is -0.388. The Kier molecular flexibility index (Phi) is 5.55. The number of aromatic nitrogens is 2. The van der Waals surface area contributed by atoms with Crippen LogP contribution in [0, 0.1) is 0 Å². The Labute approximate surface area is 170 Å². The molecule has 0 saturated carbocycles. The van der Waals surface area contributed by atoms with Gasteiger partial charge in [0.1, 0.15) is 0 Å². The highest BCUT2D eigenvalue weighted by atomic mass is 32.2. The Hall–Kier alpha value is -2.90. The first-order valence-electron chi connectivity index (χ1n) is 8.70. The number of thiophene rings is 1. The first-order chi connectivity index (χ1) is 13.7. The molecule has 0 radical (unpaired) electrons. The number of nitrogens with one attached hydrogen (secondary N) is 1. The van der Waals surface area contributed by atoms with Crippen molar-refractivity contribution < 1.29 is 9.21 Å². The van der Waals surface area contributed by atoms with E-state index in [1.54, 1.807) is 0 Å². The van der Waals surface area contributed by atoms with Gasteiger partial charge in [0.25, 0.3) is 11.1 Å². The summed E-state index contributed by atoms with van der Waals surface area (Å²) >= 11 is 2.77. The number of thioether (sulfide) groups is 1. The van der Waals surface area contributed by atoms with Gasteiger partial charge in [-0.25, -0.2) is 0 Å². The standard InChI is InChI=1S/C21H17N3O2S2/c1-14(28-21-24-23-20(26-21)18-12-7-13-27-18)19(25)22-17-11-6-5-10-16(17)15-8-3-2-4-9-15/h2-14H,1H3,(H,22,25). The highest BCUT2D eigenvalue weighted by Gasteiger charge is 2.20. The molecule has 0 saturated heterocycles. The number of carbonyl (C=O) groups excluding carboxylic acids is 1. The van der Waals surface area contributed by atoms with E-state index in [9.17, 15) is 4.79 Å². The smallest absolute Gasteiger partial charge is 0.277 e. The van der Waals surface area contributed by atoms with Gasteiger partial charge in [0.2, 0.25) is 5.91 Å². The lowest BCUT2D eigenvalue weighted by Crippen LogP contribution is -2.22. The summed E-state index contributed by atoms with van der Waals surface area (Å²) in [6.45, 7) is 1.82. The van der Waals surface area contributed by atoms with Gasteiger partial charge in [0.15, 0.2) is 0 Å². The average Bonchev–Trinajstić information content (AvgIpc) is 3.41.